The maximum atomic E-state index is 13.4. The molecule has 2 N–H and O–H groups in total. The zero-order valence-electron chi connectivity index (χ0n) is 10.2. The van der Waals surface area contributed by atoms with E-state index in [1.54, 1.807) is 0 Å². The number of hydrogen-bond donors (Lipinski definition) is 2. The van der Waals surface area contributed by atoms with Crippen molar-refractivity contribution in [2.24, 2.45) is 5.92 Å². The monoisotopic (exact) mass is 267 g/mol. The Labute approximate surface area is 109 Å². The molecule has 102 valence electrons. The normalized spacial score (nSPS) is 16.1. The molecule has 0 aromatic heterocycles. The summed E-state index contributed by atoms with van der Waals surface area (Å²) in [4.78, 5) is 22.6. The number of carboxylic acid groups (broad SMARTS) is 1. The number of benzene rings is 1. The third-order valence-corrected chi connectivity index (χ3v) is 3.06. The van der Waals surface area contributed by atoms with Gasteiger partial charge in [-0.1, -0.05) is 0 Å². The molecule has 0 unspecified atom stereocenters. The molecular weight excluding hydrogens is 253 g/mol. The van der Waals surface area contributed by atoms with Crippen LogP contribution in [0.1, 0.15) is 23.2 Å². The van der Waals surface area contributed by atoms with E-state index in [1.807, 2.05) is 0 Å². The minimum absolute atomic E-state index is 0.143. The third-order valence-electron chi connectivity index (χ3n) is 3.06. The van der Waals surface area contributed by atoms with Crippen molar-refractivity contribution >= 4 is 17.6 Å². The molecule has 1 fully saturated rings. The van der Waals surface area contributed by atoms with Crippen LogP contribution in [0.25, 0.3) is 0 Å². The smallest absolute Gasteiger partial charge is 0.338 e. The lowest BCUT2D eigenvalue weighted by Crippen LogP contribution is -2.28. The molecule has 0 aliphatic carbocycles. The number of amides is 1. The molecule has 0 spiro atoms. The van der Waals surface area contributed by atoms with Crippen LogP contribution in [0, 0.1) is 11.7 Å². The molecule has 0 saturated carbocycles. The van der Waals surface area contributed by atoms with Gasteiger partial charge in [-0.05, 0) is 31.0 Å². The van der Waals surface area contributed by atoms with Crippen LogP contribution in [0.4, 0.5) is 10.1 Å². The predicted molar refractivity (Wildman–Crippen MR) is 65.5 cm³/mol. The Hall–Kier alpha value is -1.95. The molecule has 1 heterocycles. The summed E-state index contributed by atoms with van der Waals surface area (Å²) < 4.78 is 18.6. The van der Waals surface area contributed by atoms with E-state index in [2.05, 4.69) is 5.32 Å². The quantitative estimate of drug-likeness (QED) is 0.876. The number of aromatic carboxylic acids is 1. The van der Waals surface area contributed by atoms with Crippen LogP contribution in [-0.4, -0.2) is 30.2 Å². The van der Waals surface area contributed by atoms with Gasteiger partial charge < -0.3 is 15.2 Å². The number of anilines is 1. The van der Waals surface area contributed by atoms with Gasteiger partial charge in [0.25, 0.3) is 0 Å². The van der Waals surface area contributed by atoms with Crippen molar-refractivity contribution < 1.29 is 23.8 Å². The Kier molecular flexibility index (Phi) is 4.11. The molecule has 1 aliphatic rings. The Morgan fingerprint density at radius 3 is 2.58 bits per heavy atom. The van der Waals surface area contributed by atoms with E-state index in [4.69, 9.17) is 9.84 Å². The average molecular weight is 267 g/mol. The molecule has 1 saturated heterocycles. The Bertz CT molecular complexity index is 497. The summed E-state index contributed by atoms with van der Waals surface area (Å²) in [5.41, 5.74) is -0.150. The second-order valence-electron chi connectivity index (χ2n) is 4.38. The number of carbonyl (C=O) groups is 2. The zero-order valence-corrected chi connectivity index (χ0v) is 10.2. The second-order valence-corrected chi connectivity index (χ2v) is 4.38. The standard InChI is InChI=1S/C13H14FNO4/c14-11-7-9(1-2-10(11)13(17)18)15-12(16)8-3-5-19-6-4-8/h1-2,7-8H,3-6H2,(H,15,16)(H,17,18). The molecule has 2 rings (SSSR count). The van der Waals surface area contributed by atoms with Gasteiger partial charge in [-0.15, -0.1) is 0 Å². The first-order chi connectivity index (χ1) is 9.08. The minimum atomic E-state index is -1.33. The van der Waals surface area contributed by atoms with Gasteiger partial charge in [0.1, 0.15) is 5.82 Å². The molecule has 19 heavy (non-hydrogen) atoms. The highest BCUT2D eigenvalue weighted by atomic mass is 19.1. The Morgan fingerprint density at radius 2 is 2.00 bits per heavy atom. The maximum Gasteiger partial charge on any atom is 0.338 e. The molecule has 0 atom stereocenters. The largest absolute Gasteiger partial charge is 0.478 e. The van der Waals surface area contributed by atoms with E-state index in [0.717, 1.165) is 12.1 Å². The topological polar surface area (TPSA) is 75.6 Å². The molecule has 1 amide bonds. The van der Waals surface area contributed by atoms with Crippen molar-refractivity contribution in [3.8, 4) is 0 Å². The van der Waals surface area contributed by atoms with Crippen molar-refractivity contribution in [3.63, 3.8) is 0 Å². The van der Waals surface area contributed by atoms with Crippen molar-refractivity contribution in [2.45, 2.75) is 12.8 Å². The first-order valence-electron chi connectivity index (χ1n) is 5.99. The highest BCUT2D eigenvalue weighted by Gasteiger charge is 2.22. The number of halogens is 1. The molecule has 0 bridgehead atoms. The van der Waals surface area contributed by atoms with Crippen molar-refractivity contribution in [1.29, 1.82) is 0 Å². The summed E-state index contributed by atoms with van der Waals surface area (Å²) >= 11 is 0. The van der Waals surface area contributed by atoms with Gasteiger partial charge >= 0.3 is 5.97 Å². The summed E-state index contributed by atoms with van der Waals surface area (Å²) in [7, 11) is 0. The van der Waals surface area contributed by atoms with E-state index in [-0.39, 0.29) is 17.5 Å². The van der Waals surface area contributed by atoms with E-state index >= 15 is 0 Å². The van der Waals surface area contributed by atoms with Gasteiger partial charge in [0.15, 0.2) is 0 Å². The summed E-state index contributed by atoms with van der Waals surface area (Å²) in [5, 5.41) is 11.3. The summed E-state index contributed by atoms with van der Waals surface area (Å²) in [6.07, 6.45) is 1.28. The lowest BCUT2D eigenvalue weighted by molar-refractivity contribution is -0.122. The van der Waals surface area contributed by atoms with Crippen molar-refractivity contribution in [2.75, 3.05) is 18.5 Å². The van der Waals surface area contributed by atoms with Crippen LogP contribution in [0.5, 0.6) is 0 Å². The number of ether oxygens (including phenoxy) is 1. The fourth-order valence-electron chi connectivity index (χ4n) is 1.97. The molecule has 1 aromatic carbocycles. The highest BCUT2D eigenvalue weighted by molar-refractivity contribution is 5.94. The maximum absolute atomic E-state index is 13.4. The number of carboxylic acids is 1. The van der Waals surface area contributed by atoms with Crippen molar-refractivity contribution in [3.05, 3.63) is 29.6 Å². The first kappa shape index (κ1) is 13.5. The number of rotatable bonds is 3. The van der Waals surface area contributed by atoms with Gasteiger partial charge in [0, 0.05) is 24.8 Å². The van der Waals surface area contributed by atoms with Crippen LogP contribution in [0.3, 0.4) is 0 Å². The lowest BCUT2D eigenvalue weighted by atomic mass is 9.99. The number of nitrogens with one attached hydrogen (secondary N) is 1. The van der Waals surface area contributed by atoms with Gasteiger partial charge in [-0.25, -0.2) is 9.18 Å². The predicted octanol–water partition coefficient (Wildman–Crippen LogP) is 1.89. The molecule has 6 heteroatoms. The van der Waals surface area contributed by atoms with Crippen LogP contribution in [0.15, 0.2) is 18.2 Å². The number of carbonyl (C=O) groups excluding carboxylic acids is 1. The molecular formula is C13H14FNO4. The van der Waals surface area contributed by atoms with Crippen LogP contribution in [-0.2, 0) is 9.53 Å². The summed E-state index contributed by atoms with van der Waals surface area (Å²) in [6, 6.07) is 3.53. The second kappa shape index (κ2) is 5.79. The molecule has 1 aliphatic heterocycles. The van der Waals surface area contributed by atoms with E-state index in [9.17, 15) is 14.0 Å². The minimum Gasteiger partial charge on any atom is -0.478 e. The van der Waals surface area contributed by atoms with Crippen LogP contribution in [0.2, 0.25) is 0 Å². The zero-order chi connectivity index (χ0) is 13.8. The van der Waals surface area contributed by atoms with Gasteiger partial charge in [0.2, 0.25) is 5.91 Å². The highest BCUT2D eigenvalue weighted by Crippen LogP contribution is 2.19. The van der Waals surface area contributed by atoms with Crippen LogP contribution >= 0.6 is 0 Å². The molecule has 5 nitrogen and oxygen atoms in total. The van der Waals surface area contributed by atoms with E-state index in [1.165, 1.54) is 6.07 Å². The van der Waals surface area contributed by atoms with E-state index in [0.29, 0.717) is 26.1 Å². The summed E-state index contributed by atoms with van der Waals surface area (Å²) in [6.45, 7) is 1.09. The van der Waals surface area contributed by atoms with Crippen LogP contribution < -0.4 is 5.32 Å². The summed E-state index contributed by atoms with van der Waals surface area (Å²) in [5.74, 6) is -2.53. The lowest BCUT2D eigenvalue weighted by Gasteiger charge is -2.21. The fraction of sp³-hybridized carbons (Fsp3) is 0.385. The Balaban J connectivity index is 2.04. The van der Waals surface area contributed by atoms with Crippen molar-refractivity contribution in [1.82, 2.24) is 0 Å². The molecule has 0 radical (unpaired) electrons. The van der Waals surface area contributed by atoms with Gasteiger partial charge in [-0.3, -0.25) is 4.79 Å². The molecule has 1 aromatic rings. The first-order valence-corrected chi connectivity index (χ1v) is 5.99. The van der Waals surface area contributed by atoms with E-state index < -0.39 is 17.3 Å². The SMILES string of the molecule is O=C(O)c1ccc(NC(=O)C2CCOCC2)cc1F. The average Bonchev–Trinajstić information content (AvgIpc) is 2.39. The fourth-order valence-corrected chi connectivity index (χ4v) is 1.97. The van der Waals surface area contributed by atoms with Gasteiger partial charge in [0.05, 0.1) is 5.56 Å². The van der Waals surface area contributed by atoms with Gasteiger partial charge in [-0.2, -0.15) is 0 Å². The third kappa shape index (κ3) is 3.29. The Morgan fingerprint density at radius 1 is 1.32 bits per heavy atom. The number of hydrogen-bond acceptors (Lipinski definition) is 3.